The Hall–Kier alpha value is -2.35. The summed E-state index contributed by atoms with van der Waals surface area (Å²) in [7, 11) is 0. The Morgan fingerprint density at radius 1 is 1.40 bits per heavy atom. The van der Waals surface area contributed by atoms with Gasteiger partial charge in [0.1, 0.15) is 12.4 Å². The van der Waals surface area contributed by atoms with Crippen molar-refractivity contribution < 1.29 is 23.5 Å². The van der Waals surface area contributed by atoms with Gasteiger partial charge in [-0.1, -0.05) is 23.9 Å². The molecular weight excluding hydrogens is 347 g/mol. The Bertz CT molecular complexity index is 690. The molecule has 0 aromatic heterocycles. The molecule has 1 saturated heterocycles. The lowest BCUT2D eigenvalue weighted by Gasteiger charge is -2.19. The Morgan fingerprint density at radius 3 is 2.72 bits per heavy atom. The minimum Gasteiger partial charge on any atom is -0.463 e. The normalized spacial score (nSPS) is 16.8. The maximum atomic E-state index is 13.0. The highest BCUT2D eigenvalue weighted by molar-refractivity contribution is 8.04. The first kappa shape index (κ1) is 19.0. The van der Waals surface area contributed by atoms with Crippen molar-refractivity contribution in [3.05, 3.63) is 46.8 Å². The topological polar surface area (TPSA) is 75.7 Å². The summed E-state index contributed by atoms with van der Waals surface area (Å²) in [6.07, 6.45) is 1.22. The van der Waals surface area contributed by atoms with E-state index in [9.17, 15) is 18.8 Å². The molecule has 8 heteroatoms. The molecule has 1 aromatic carbocycles. The maximum Gasteiger partial charge on any atom is 0.333 e. The average molecular weight is 366 g/mol. The fourth-order valence-corrected chi connectivity index (χ4v) is 3.18. The smallest absolute Gasteiger partial charge is 0.333 e. The molecule has 6 nitrogen and oxygen atoms in total. The van der Waals surface area contributed by atoms with Crippen molar-refractivity contribution in [1.29, 1.82) is 0 Å². The van der Waals surface area contributed by atoms with Crippen LogP contribution in [0.25, 0.3) is 0 Å². The number of benzene rings is 1. The minimum absolute atomic E-state index is 0.173. The summed E-state index contributed by atoms with van der Waals surface area (Å²) in [5.74, 6) is -1.35. The monoisotopic (exact) mass is 366 g/mol. The van der Waals surface area contributed by atoms with Crippen LogP contribution in [0.4, 0.5) is 4.39 Å². The maximum absolute atomic E-state index is 13.0. The number of ether oxygens (including phenoxy) is 1. The van der Waals surface area contributed by atoms with Crippen molar-refractivity contribution in [2.24, 2.45) is 0 Å². The van der Waals surface area contributed by atoms with Crippen LogP contribution in [-0.4, -0.2) is 41.6 Å². The quantitative estimate of drug-likeness (QED) is 0.615. The number of carbonyl (C=O) groups is 3. The second-order valence-electron chi connectivity index (χ2n) is 5.34. The first-order chi connectivity index (χ1) is 11.9. The van der Waals surface area contributed by atoms with E-state index in [0.29, 0.717) is 5.03 Å². The number of thioether (sulfide) groups is 1. The molecule has 1 heterocycles. The second-order valence-corrected chi connectivity index (χ2v) is 6.34. The van der Waals surface area contributed by atoms with Crippen molar-refractivity contribution in [2.45, 2.75) is 19.9 Å². The Labute approximate surface area is 149 Å². The summed E-state index contributed by atoms with van der Waals surface area (Å²) in [5.41, 5.74) is 0.749. The van der Waals surface area contributed by atoms with Crippen LogP contribution in [0.2, 0.25) is 0 Å². The summed E-state index contributed by atoms with van der Waals surface area (Å²) >= 11 is 1.19. The third-order valence-electron chi connectivity index (χ3n) is 3.49. The van der Waals surface area contributed by atoms with Crippen LogP contribution in [0.15, 0.2) is 35.4 Å². The molecule has 1 aliphatic rings. The second kappa shape index (κ2) is 8.66. The van der Waals surface area contributed by atoms with Gasteiger partial charge in [0.15, 0.2) is 0 Å². The number of hydrogen-bond acceptors (Lipinski definition) is 5. The van der Waals surface area contributed by atoms with Gasteiger partial charge in [0.25, 0.3) is 0 Å². The molecule has 134 valence electrons. The van der Waals surface area contributed by atoms with Gasteiger partial charge in [-0.2, -0.15) is 0 Å². The van der Waals surface area contributed by atoms with Gasteiger partial charge < -0.3 is 10.1 Å². The zero-order valence-corrected chi connectivity index (χ0v) is 14.8. The molecule has 0 spiro atoms. The van der Waals surface area contributed by atoms with E-state index in [1.165, 1.54) is 34.9 Å². The SMILES string of the molecule is CCOC(=O)/C=C1\SCC(=O)N1CC(=O)N[C@@H](C)c1ccc(F)cc1. The van der Waals surface area contributed by atoms with Crippen molar-refractivity contribution in [2.75, 3.05) is 18.9 Å². The number of amides is 2. The van der Waals surface area contributed by atoms with Crippen LogP contribution in [0.3, 0.4) is 0 Å². The molecule has 25 heavy (non-hydrogen) atoms. The third kappa shape index (κ3) is 5.32. The van der Waals surface area contributed by atoms with Crippen LogP contribution >= 0.6 is 11.8 Å². The van der Waals surface area contributed by atoms with Gasteiger partial charge >= 0.3 is 5.97 Å². The van der Waals surface area contributed by atoms with E-state index < -0.39 is 5.97 Å². The van der Waals surface area contributed by atoms with Gasteiger partial charge in [0.2, 0.25) is 11.8 Å². The zero-order valence-electron chi connectivity index (χ0n) is 14.0. The van der Waals surface area contributed by atoms with Crippen LogP contribution in [0.1, 0.15) is 25.5 Å². The predicted molar refractivity (Wildman–Crippen MR) is 91.8 cm³/mol. The van der Waals surface area contributed by atoms with Gasteiger partial charge in [-0.3, -0.25) is 14.5 Å². The van der Waals surface area contributed by atoms with Gasteiger partial charge in [-0.25, -0.2) is 9.18 Å². The molecule has 0 saturated carbocycles. The summed E-state index contributed by atoms with van der Waals surface area (Å²) in [5, 5.41) is 3.15. The molecule has 2 rings (SSSR count). The van der Waals surface area contributed by atoms with Crippen molar-refractivity contribution >= 4 is 29.5 Å². The lowest BCUT2D eigenvalue weighted by molar-refractivity contribution is -0.137. The van der Waals surface area contributed by atoms with Crippen molar-refractivity contribution in [3.63, 3.8) is 0 Å². The fraction of sp³-hybridized carbons (Fsp3) is 0.353. The number of nitrogens with zero attached hydrogens (tertiary/aromatic N) is 1. The Morgan fingerprint density at radius 2 is 2.08 bits per heavy atom. The van der Waals surface area contributed by atoms with Gasteiger partial charge in [0, 0.05) is 0 Å². The first-order valence-electron chi connectivity index (χ1n) is 7.77. The molecular formula is C17H19FN2O4S. The number of hydrogen-bond donors (Lipinski definition) is 1. The molecule has 0 radical (unpaired) electrons. The fourth-order valence-electron chi connectivity index (χ4n) is 2.25. The van der Waals surface area contributed by atoms with E-state index in [0.717, 1.165) is 5.56 Å². The van der Waals surface area contributed by atoms with E-state index in [1.54, 1.807) is 26.0 Å². The minimum atomic E-state index is -0.551. The Kier molecular flexibility index (Phi) is 6.58. The summed E-state index contributed by atoms with van der Waals surface area (Å²) in [4.78, 5) is 37.0. The third-order valence-corrected chi connectivity index (χ3v) is 4.51. The molecule has 0 bridgehead atoms. The summed E-state index contributed by atoms with van der Waals surface area (Å²) < 4.78 is 17.8. The molecule has 2 amide bonds. The highest BCUT2D eigenvalue weighted by Crippen LogP contribution is 2.28. The van der Waals surface area contributed by atoms with Gasteiger partial charge in [0.05, 0.1) is 29.5 Å². The standard InChI is InChI=1S/C17H19FN2O4S/c1-3-24-17(23)8-16-20(15(22)10-25-16)9-14(21)19-11(2)12-4-6-13(18)7-5-12/h4-8,11H,3,9-10H2,1-2H3,(H,19,21)/b16-8-/t11-/m0/s1. The highest BCUT2D eigenvalue weighted by Gasteiger charge is 2.29. The van der Waals surface area contributed by atoms with Crippen molar-refractivity contribution in [1.82, 2.24) is 10.2 Å². The van der Waals surface area contributed by atoms with Gasteiger partial charge in [-0.05, 0) is 31.5 Å². The van der Waals surface area contributed by atoms with E-state index in [4.69, 9.17) is 4.74 Å². The van der Waals surface area contributed by atoms with Crippen LogP contribution in [0, 0.1) is 5.82 Å². The van der Waals surface area contributed by atoms with E-state index >= 15 is 0 Å². The summed E-state index contributed by atoms with van der Waals surface area (Å²) in [6.45, 7) is 3.49. The largest absolute Gasteiger partial charge is 0.463 e. The lowest BCUT2D eigenvalue weighted by Crippen LogP contribution is -2.38. The number of esters is 1. The molecule has 1 aliphatic heterocycles. The van der Waals surface area contributed by atoms with E-state index in [1.807, 2.05) is 0 Å². The average Bonchev–Trinajstić information content (AvgIpc) is 2.88. The predicted octanol–water partition coefficient (Wildman–Crippen LogP) is 1.98. The van der Waals surface area contributed by atoms with Crippen LogP contribution in [-0.2, 0) is 19.1 Å². The number of rotatable bonds is 6. The van der Waals surface area contributed by atoms with Gasteiger partial charge in [-0.15, -0.1) is 0 Å². The highest BCUT2D eigenvalue weighted by atomic mass is 32.2. The molecule has 0 unspecified atom stereocenters. The molecule has 0 aliphatic carbocycles. The zero-order chi connectivity index (χ0) is 18.4. The lowest BCUT2D eigenvalue weighted by atomic mass is 10.1. The first-order valence-corrected chi connectivity index (χ1v) is 8.75. The number of carbonyl (C=O) groups excluding carboxylic acids is 3. The van der Waals surface area contributed by atoms with E-state index in [2.05, 4.69) is 5.32 Å². The molecule has 1 fully saturated rings. The molecule has 1 atom stereocenters. The Balaban J connectivity index is 1.98. The number of nitrogens with one attached hydrogen (secondary N) is 1. The van der Waals surface area contributed by atoms with E-state index in [-0.39, 0.29) is 42.6 Å². The van der Waals surface area contributed by atoms with Crippen LogP contribution < -0.4 is 5.32 Å². The molecule has 1 aromatic rings. The van der Waals surface area contributed by atoms with Crippen molar-refractivity contribution in [3.8, 4) is 0 Å². The van der Waals surface area contributed by atoms with Crippen LogP contribution in [0.5, 0.6) is 0 Å². The number of halogens is 1. The summed E-state index contributed by atoms with van der Waals surface area (Å²) in [6, 6.07) is 5.47. The molecule has 1 N–H and O–H groups in total.